The molecule has 16 heavy (non-hydrogen) atoms. The van der Waals surface area contributed by atoms with Gasteiger partial charge in [-0.2, -0.15) is 0 Å². The van der Waals surface area contributed by atoms with E-state index < -0.39 is 0 Å². The Morgan fingerprint density at radius 3 is 2.81 bits per heavy atom. The van der Waals surface area contributed by atoms with Crippen LogP contribution in [0.2, 0.25) is 0 Å². The van der Waals surface area contributed by atoms with Gasteiger partial charge >= 0.3 is 0 Å². The van der Waals surface area contributed by atoms with Gasteiger partial charge in [-0.05, 0) is 19.8 Å². The molecule has 1 atom stereocenters. The standard InChI is InChI=1S/C10H14N2O.CH3NS/c1-8-6-12(7-11-8)9-4-2-3-5-10(9)13;2-1-3/h6-7,9H,2-5H2,1H3;1H,(H2,2,3). The van der Waals surface area contributed by atoms with Crippen molar-refractivity contribution >= 4 is 23.5 Å². The fourth-order valence-electron chi connectivity index (χ4n) is 1.89. The summed E-state index contributed by atoms with van der Waals surface area (Å²) in [6, 6.07) is 0.0648. The van der Waals surface area contributed by atoms with Crippen LogP contribution in [-0.4, -0.2) is 20.8 Å². The lowest BCUT2D eigenvalue weighted by atomic mass is 9.94. The molecule has 1 aliphatic carbocycles. The average Bonchev–Trinajstić information content (AvgIpc) is 2.67. The Morgan fingerprint density at radius 1 is 1.62 bits per heavy atom. The summed E-state index contributed by atoms with van der Waals surface area (Å²) in [7, 11) is 0. The van der Waals surface area contributed by atoms with Gasteiger partial charge in [-0.1, -0.05) is 18.6 Å². The average molecular weight is 239 g/mol. The topological polar surface area (TPSA) is 60.9 Å². The predicted octanol–water partition coefficient (Wildman–Crippen LogP) is 1.78. The van der Waals surface area contributed by atoms with Gasteiger partial charge in [0.2, 0.25) is 0 Å². The highest BCUT2D eigenvalue weighted by Gasteiger charge is 2.23. The maximum Gasteiger partial charge on any atom is 0.155 e. The first-order chi connectivity index (χ1) is 7.69. The van der Waals surface area contributed by atoms with Crippen LogP contribution >= 0.6 is 12.2 Å². The molecule has 0 aromatic carbocycles. The molecule has 2 rings (SSSR count). The molecule has 4 nitrogen and oxygen atoms in total. The maximum atomic E-state index is 11.6. The molecular weight excluding hydrogens is 222 g/mol. The van der Waals surface area contributed by atoms with Crippen molar-refractivity contribution in [3.63, 3.8) is 0 Å². The number of nitrogens with zero attached hydrogens (tertiary/aromatic N) is 2. The Hall–Kier alpha value is -1.23. The second-order valence-electron chi connectivity index (χ2n) is 3.83. The van der Waals surface area contributed by atoms with Crippen molar-refractivity contribution < 1.29 is 4.79 Å². The lowest BCUT2D eigenvalue weighted by Crippen LogP contribution is -2.21. The number of aromatic nitrogens is 2. The number of thiocarbonyl (C=S) groups is 1. The van der Waals surface area contributed by atoms with E-state index in [1.807, 2.05) is 17.7 Å². The molecule has 2 N–H and O–H groups in total. The van der Waals surface area contributed by atoms with Gasteiger partial charge in [-0.15, -0.1) is 0 Å². The fraction of sp³-hybridized carbons (Fsp3) is 0.545. The van der Waals surface area contributed by atoms with Crippen LogP contribution in [0.1, 0.15) is 37.4 Å². The summed E-state index contributed by atoms with van der Waals surface area (Å²) in [6.07, 6.45) is 7.66. The molecule has 0 amide bonds. The number of nitrogens with two attached hydrogens (primary N) is 1. The monoisotopic (exact) mass is 239 g/mol. The Labute approximate surface area is 101 Å². The molecule has 1 heterocycles. The van der Waals surface area contributed by atoms with E-state index in [-0.39, 0.29) is 6.04 Å². The summed E-state index contributed by atoms with van der Waals surface area (Å²) >= 11 is 4.05. The Bertz CT molecular complexity index is 362. The van der Waals surface area contributed by atoms with E-state index >= 15 is 0 Å². The minimum atomic E-state index is 0.0648. The van der Waals surface area contributed by atoms with Crippen molar-refractivity contribution in [2.45, 2.75) is 38.6 Å². The van der Waals surface area contributed by atoms with Gasteiger partial charge < -0.3 is 10.3 Å². The Balaban J connectivity index is 0.000000386. The second kappa shape index (κ2) is 6.37. The smallest absolute Gasteiger partial charge is 0.155 e. The lowest BCUT2D eigenvalue weighted by Gasteiger charge is -2.21. The highest BCUT2D eigenvalue weighted by molar-refractivity contribution is 7.78. The van der Waals surface area contributed by atoms with Crippen molar-refractivity contribution in [2.24, 2.45) is 5.73 Å². The van der Waals surface area contributed by atoms with E-state index in [0.29, 0.717) is 5.78 Å². The number of hydrogen-bond donors (Lipinski definition) is 1. The van der Waals surface area contributed by atoms with Crippen LogP contribution in [0.15, 0.2) is 12.5 Å². The number of Topliss-reactive ketones (excluding diaryl/α,β-unsaturated/α-hetero) is 1. The zero-order valence-corrected chi connectivity index (χ0v) is 10.2. The van der Waals surface area contributed by atoms with Gasteiger partial charge in [0.1, 0.15) is 0 Å². The third kappa shape index (κ3) is 3.41. The largest absolute Gasteiger partial charge is 0.396 e. The third-order valence-corrected chi connectivity index (χ3v) is 2.61. The summed E-state index contributed by atoms with van der Waals surface area (Å²) in [5.41, 5.74) is 6.60. The van der Waals surface area contributed by atoms with Crippen LogP contribution in [0.4, 0.5) is 0 Å². The normalized spacial score (nSPS) is 19.8. The molecule has 0 spiro atoms. The van der Waals surface area contributed by atoms with Gasteiger partial charge in [-0.3, -0.25) is 4.79 Å². The van der Waals surface area contributed by atoms with Gasteiger partial charge in [0.15, 0.2) is 5.78 Å². The number of rotatable bonds is 1. The van der Waals surface area contributed by atoms with E-state index in [2.05, 4.69) is 22.9 Å². The van der Waals surface area contributed by atoms with Crippen molar-refractivity contribution in [3.05, 3.63) is 18.2 Å². The van der Waals surface area contributed by atoms with E-state index in [1.165, 1.54) is 0 Å². The van der Waals surface area contributed by atoms with Crippen LogP contribution in [-0.2, 0) is 4.79 Å². The van der Waals surface area contributed by atoms with Gasteiger partial charge in [0.05, 0.1) is 23.6 Å². The van der Waals surface area contributed by atoms with E-state index in [0.717, 1.165) is 36.9 Å². The first kappa shape index (κ1) is 12.8. The van der Waals surface area contributed by atoms with Crippen molar-refractivity contribution in [3.8, 4) is 0 Å². The minimum absolute atomic E-state index is 0.0648. The van der Waals surface area contributed by atoms with E-state index in [9.17, 15) is 4.79 Å². The van der Waals surface area contributed by atoms with Crippen LogP contribution in [0, 0.1) is 6.92 Å². The van der Waals surface area contributed by atoms with Crippen LogP contribution in [0.25, 0.3) is 0 Å². The van der Waals surface area contributed by atoms with Gasteiger partial charge in [-0.25, -0.2) is 4.98 Å². The highest BCUT2D eigenvalue weighted by Crippen LogP contribution is 2.24. The number of hydrogen-bond acceptors (Lipinski definition) is 3. The summed E-state index contributed by atoms with van der Waals surface area (Å²) in [6.45, 7) is 1.95. The number of ketones is 1. The van der Waals surface area contributed by atoms with Crippen molar-refractivity contribution in [1.82, 2.24) is 9.55 Å². The summed E-state index contributed by atoms with van der Waals surface area (Å²) in [5.74, 6) is 0.364. The summed E-state index contributed by atoms with van der Waals surface area (Å²) < 4.78 is 1.96. The van der Waals surface area contributed by atoms with Crippen LogP contribution < -0.4 is 5.73 Å². The first-order valence-corrected chi connectivity index (χ1v) is 5.84. The molecule has 1 aliphatic rings. The number of imidazole rings is 1. The molecule has 1 unspecified atom stereocenters. The highest BCUT2D eigenvalue weighted by atomic mass is 32.1. The maximum absolute atomic E-state index is 11.6. The lowest BCUT2D eigenvalue weighted by molar-refractivity contribution is -0.123. The molecule has 5 heteroatoms. The molecule has 0 saturated heterocycles. The summed E-state index contributed by atoms with van der Waals surface area (Å²) in [5, 5.41) is 0. The molecular formula is C11H17N3OS. The van der Waals surface area contributed by atoms with Crippen LogP contribution in [0.5, 0.6) is 0 Å². The Morgan fingerprint density at radius 2 is 2.31 bits per heavy atom. The number of carbonyl (C=O) groups excluding carboxylic acids is 1. The molecule has 88 valence electrons. The number of aryl methyl sites for hydroxylation is 1. The summed E-state index contributed by atoms with van der Waals surface area (Å²) in [4.78, 5) is 15.7. The molecule has 0 aliphatic heterocycles. The molecule has 1 aromatic rings. The molecule has 1 saturated carbocycles. The molecule has 0 bridgehead atoms. The molecule has 1 aromatic heterocycles. The SMILES string of the molecule is Cc1cn(C2CCCCC2=O)cn1.NC=S. The number of carbonyl (C=O) groups is 1. The van der Waals surface area contributed by atoms with Gasteiger partial charge in [0, 0.05) is 12.6 Å². The predicted molar refractivity (Wildman–Crippen MR) is 67.3 cm³/mol. The quantitative estimate of drug-likeness (QED) is 0.759. The second-order valence-corrected chi connectivity index (χ2v) is 4.10. The minimum Gasteiger partial charge on any atom is -0.396 e. The van der Waals surface area contributed by atoms with Crippen molar-refractivity contribution in [1.29, 1.82) is 0 Å². The van der Waals surface area contributed by atoms with E-state index in [4.69, 9.17) is 0 Å². The Kier molecular flexibility index (Phi) is 5.11. The zero-order valence-electron chi connectivity index (χ0n) is 9.43. The van der Waals surface area contributed by atoms with Gasteiger partial charge in [0.25, 0.3) is 0 Å². The first-order valence-electron chi connectivity index (χ1n) is 5.37. The van der Waals surface area contributed by atoms with E-state index in [1.54, 1.807) is 6.33 Å². The third-order valence-electron chi connectivity index (χ3n) is 2.61. The zero-order chi connectivity index (χ0) is 12.0. The fourth-order valence-corrected chi connectivity index (χ4v) is 1.89. The van der Waals surface area contributed by atoms with Crippen LogP contribution in [0.3, 0.4) is 0 Å². The molecule has 0 radical (unpaired) electrons. The van der Waals surface area contributed by atoms with Crippen molar-refractivity contribution in [2.75, 3.05) is 0 Å². The molecule has 1 fully saturated rings.